The summed E-state index contributed by atoms with van der Waals surface area (Å²) in [5.74, 6) is 0.879. The van der Waals surface area contributed by atoms with Crippen molar-refractivity contribution in [3.63, 3.8) is 0 Å². The highest BCUT2D eigenvalue weighted by Crippen LogP contribution is 2.36. The Balaban J connectivity index is 2.27. The van der Waals surface area contributed by atoms with E-state index in [1.165, 1.54) is 30.4 Å². The van der Waals surface area contributed by atoms with Crippen LogP contribution < -0.4 is 0 Å². The van der Waals surface area contributed by atoms with Crippen molar-refractivity contribution in [1.29, 1.82) is 0 Å². The fourth-order valence-corrected chi connectivity index (χ4v) is 1.76. The highest BCUT2D eigenvalue weighted by atomic mass is 14.2. The summed E-state index contributed by atoms with van der Waals surface area (Å²) in [5, 5.41) is 0. The molecule has 0 heteroatoms. The molecule has 0 amide bonds. The molecule has 0 unspecified atom stereocenters. The normalized spacial score (nSPS) is 17.5. The van der Waals surface area contributed by atoms with Crippen LogP contribution in [0.15, 0.2) is 18.2 Å². The smallest absolute Gasteiger partial charge is 0.0162 e. The average molecular weight is 160 g/mol. The van der Waals surface area contributed by atoms with Crippen molar-refractivity contribution in [2.45, 2.75) is 39.0 Å². The molecule has 1 fully saturated rings. The molecule has 0 aromatic heterocycles. The van der Waals surface area contributed by atoms with Gasteiger partial charge in [-0.05, 0) is 49.3 Å². The first kappa shape index (κ1) is 7.85. The van der Waals surface area contributed by atoms with Gasteiger partial charge in [-0.15, -0.1) is 0 Å². The van der Waals surface area contributed by atoms with Crippen LogP contribution in [0.1, 0.15) is 41.9 Å². The first-order valence-corrected chi connectivity index (χ1v) is 4.84. The lowest BCUT2D eigenvalue weighted by Crippen LogP contribution is -2.08. The summed E-state index contributed by atoms with van der Waals surface area (Å²) in [7, 11) is 0. The van der Waals surface area contributed by atoms with Gasteiger partial charge < -0.3 is 0 Å². The van der Waals surface area contributed by atoms with Crippen LogP contribution >= 0.6 is 0 Å². The van der Waals surface area contributed by atoms with Crippen LogP contribution in [0.5, 0.6) is 0 Å². The van der Waals surface area contributed by atoms with E-state index in [-0.39, 0.29) is 0 Å². The van der Waals surface area contributed by atoms with Crippen molar-refractivity contribution < 1.29 is 0 Å². The lowest BCUT2D eigenvalue weighted by molar-refractivity contribution is 0.419. The van der Waals surface area contributed by atoms with Crippen molar-refractivity contribution >= 4 is 0 Å². The van der Waals surface area contributed by atoms with Gasteiger partial charge in [0, 0.05) is 0 Å². The van der Waals surface area contributed by atoms with E-state index in [2.05, 4.69) is 32.0 Å². The van der Waals surface area contributed by atoms with Crippen LogP contribution in [-0.2, 0) is 0 Å². The second kappa shape index (κ2) is 2.93. The predicted octanol–water partition coefficient (Wildman–Crippen LogP) is 3.57. The van der Waals surface area contributed by atoms with Gasteiger partial charge in [0.05, 0.1) is 0 Å². The maximum Gasteiger partial charge on any atom is -0.0162 e. The fraction of sp³-hybridized carbons (Fsp3) is 0.500. The molecule has 1 aromatic rings. The molecule has 12 heavy (non-hydrogen) atoms. The number of benzene rings is 1. The summed E-state index contributed by atoms with van der Waals surface area (Å²) >= 11 is 0. The number of aryl methyl sites for hydroxylation is 2. The summed E-state index contributed by atoms with van der Waals surface area (Å²) < 4.78 is 0. The van der Waals surface area contributed by atoms with Gasteiger partial charge in [-0.25, -0.2) is 0 Å². The van der Waals surface area contributed by atoms with Gasteiger partial charge in [-0.3, -0.25) is 0 Å². The monoisotopic (exact) mass is 160 g/mol. The molecule has 0 atom stereocenters. The minimum absolute atomic E-state index is 0.879. The van der Waals surface area contributed by atoms with E-state index in [0.29, 0.717) is 0 Å². The van der Waals surface area contributed by atoms with E-state index in [4.69, 9.17) is 0 Å². The number of hydrogen-bond donors (Lipinski definition) is 0. The SMILES string of the molecule is Cc1ccc(C2CCC2)cc1C. The van der Waals surface area contributed by atoms with Crippen LogP contribution in [0.2, 0.25) is 0 Å². The average Bonchev–Trinajstić information content (AvgIpc) is 1.93. The lowest BCUT2D eigenvalue weighted by atomic mass is 9.79. The number of hydrogen-bond acceptors (Lipinski definition) is 0. The molecule has 0 N–H and O–H groups in total. The summed E-state index contributed by atoms with van der Waals surface area (Å²) in [6.07, 6.45) is 4.24. The molecule has 1 aliphatic rings. The quantitative estimate of drug-likeness (QED) is 0.589. The van der Waals surface area contributed by atoms with Crippen LogP contribution in [0.3, 0.4) is 0 Å². The first-order chi connectivity index (χ1) is 5.77. The van der Waals surface area contributed by atoms with E-state index >= 15 is 0 Å². The zero-order valence-electron chi connectivity index (χ0n) is 7.93. The van der Waals surface area contributed by atoms with E-state index in [1.54, 1.807) is 5.56 Å². The molecule has 0 bridgehead atoms. The summed E-state index contributed by atoms with van der Waals surface area (Å²) in [6, 6.07) is 6.91. The summed E-state index contributed by atoms with van der Waals surface area (Å²) in [4.78, 5) is 0. The molecule has 0 spiro atoms. The molecular weight excluding hydrogens is 144 g/mol. The molecular formula is C12H16. The molecule has 2 rings (SSSR count). The summed E-state index contributed by atoms with van der Waals surface area (Å²) in [5.41, 5.74) is 4.42. The van der Waals surface area contributed by atoms with E-state index < -0.39 is 0 Å². The van der Waals surface area contributed by atoms with E-state index in [9.17, 15) is 0 Å². The van der Waals surface area contributed by atoms with Gasteiger partial charge in [-0.1, -0.05) is 24.6 Å². The van der Waals surface area contributed by atoms with Gasteiger partial charge in [-0.2, -0.15) is 0 Å². The van der Waals surface area contributed by atoms with Crippen molar-refractivity contribution in [3.05, 3.63) is 34.9 Å². The minimum Gasteiger partial charge on any atom is -0.0588 e. The highest BCUT2D eigenvalue weighted by Gasteiger charge is 2.19. The Morgan fingerprint density at radius 1 is 1.08 bits per heavy atom. The van der Waals surface area contributed by atoms with Crippen molar-refractivity contribution in [2.75, 3.05) is 0 Å². The van der Waals surface area contributed by atoms with Gasteiger partial charge in [0.2, 0.25) is 0 Å². The fourth-order valence-electron chi connectivity index (χ4n) is 1.76. The third-order valence-electron chi connectivity index (χ3n) is 3.11. The largest absolute Gasteiger partial charge is 0.0588 e. The maximum atomic E-state index is 2.36. The Bertz CT molecular complexity index is 282. The maximum absolute atomic E-state index is 2.36. The standard InChI is InChI=1S/C12H16/c1-9-6-7-12(8-10(9)2)11-4-3-5-11/h6-8,11H,3-5H2,1-2H3. The van der Waals surface area contributed by atoms with E-state index in [1.807, 2.05) is 0 Å². The zero-order chi connectivity index (χ0) is 8.55. The van der Waals surface area contributed by atoms with Crippen molar-refractivity contribution in [2.24, 2.45) is 0 Å². The lowest BCUT2D eigenvalue weighted by Gasteiger charge is -2.26. The van der Waals surface area contributed by atoms with Gasteiger partial charge in [0.25, 0.3) is 0 Å². The van der Waals surface area contributed by atoms with E-state index in [0.717, 1.165) is 5.92 Å². The Kier molecular flexibility index (Phi) is 1.92. The molecule has 0 aliphatic heterocycles. The van der Waals surface area contributed by atoms with Crippen LogP contribution in [0.25, 0.3) is 0 Å². The second-order valence-corrected chi connectivity index (χ2v) is 3.97. The first-order valence-electron chi connectivity index (χ1n) is 4.84. The topological polar surface area (TPSA) is 0 Å². The van der Waals surface area contributed by atoms with Crippen molar-refractivity contribution in [1.82, 2.24) is 0 Å². The Morgan fingerprint density at radius 3 is 2.33 bits per heavy atom. The minimum atomic E-state index is 0.879. The predicted molar refractivity (Wildman–Crippen MR) is 52.5 cm³/mol. The van der Waals surface area contributed by atoms with Gasteiger partial charge in [0.15, 0.2) is 0 Å². The second-order valence-electron chi connectivity index (χ2n) is 3.97. The van der Waals surface area contributed by atoms with Gasteiger partial charge in [0.1, 0.15) is 0 Å². The Hall–Kier alpha value is -0.780. The third kappa shape index (κ3) is 1.26. The molecule has 0 radical (unpaired) electrons. The van der Waals surface area contributed by atoms with Gasteiger partial charge >= 0.3 is 0 Å². The molecule has 0 saturated heterocycles. The number of rotatable bonds is 1. The third-order valence-corrected chi connectivity index (χ3v) is 3.11. The Labute approximate surface area is 74.6 Å². The molecule has 1 saturated carbocycles. The highest BCUT2D eigenvalue weighted by molar-refractivity contribution is 5.32. The molecule has 64 valence electrons. The van der Waals surface area contributed by atoms with Crippen LogP contribution in [0.4, 0.5) is 0 Å². The summed E-state index contributed by atoms with van der Waals surface area (Å²) in [6.45, 7) is 4.39. The molecule has 0 nitrogen and oxygen atoms in total. The van der Waals surface area contributed by atoms with Crippen LogP contribution in [-0.4, -0.2) is 0 Å². The van der Waals surface area contributed by atoms with Crippen molar-refractivity contribution in [3.8, 4) is 0 Å². The molecule has 1 aliphatic carbocycles. The Morgan fingerprint density at radius 2 is 1.83 bits per heavy atom. The zero-order valence-corrected chi connectivity index (χ0v) is 7.93. The van der Waals surface area contributed by atoms with Crippen LogP contribution in [0, 0.1) is 13.8 Å². The molecule has 0 heterocycles. The molecule has 1 aromatic carbocycles.